The highest BCUT2D eigenvalue weighted by Crippen LogP contribution is 2.24. The lowest BCUT2D eigenvalue weighted by molar-refractivity contribution is -0.126. The van der Waals surface area contributed by atoms with Gasteiger partial charge in [0.2, 0.25) is 0 Å². The molecule has 0 aliphatic carbocycles. The van der Waals surface area contributed by atoms with E-state index in [0.717, 1.165) is 31.3 Å². The molecule has 2 aliphatic rings. The fourth-order valence-corrected chi connectivity index (χ4v) is 2.02. The molecule has 2 aliphatic heterocycles. The van der Waals surface area contributed by atoms with Crippen molar-refractivity contribution in [2.75, 3.05) is 13.2 Å². The van der Waals surface area contributed by atoms with Gasteiger partial charge in [-0.2, -0.15) is 0 Å². The van der Waals surface area contributed by atoms with Gasteiger partial charge in [0, 0.05) is 12.1 Å². The van der Waals surface area contributed by atoms with E-state index in [-0.39, 0.29) is 18.0 Å². The number of carbonyl (C=O) groups excluding carboxylic acids is 1. The van der Waals surface area contributed by atoms with Crippen LogP contribution in [0.5, 0.6) is 0 Å². The van der Waals surface area contributed by atoms with Gasteiger partial charge >= 0.3 is 0 Å². The first kappa shape index (κ1) is 10.6. The zero-order chi connectivity index (χ0) is 10.7. The van der Waals surface area contributed by atoms with Crippen LogP contribution < -0.4 is 5.73 Å². The Hall–Kier alpha value is -0.870. The van der Waals surface area contributed by atoms with Crippen molar-refractivity contribution in [2.45, 2.75) is 37.9 Å². The minimum atomic E-state index is -0.286. The summed E-state index contributed by atoms with van der Waals surface area (Å²) in [4.78, 5) is 11.9. The van der Waals surface area contributed by atoms with Crippen LogP contribution >= 0.6 is 0 Å². The fraction of sp³-hybridized carbons (Fsp3) is 0.727. The molecule has 2 N–H and O–H groups in total. The van der Waals surface area contributed by atoms with E-state index < -0.39 is 0 Å². The molecule has 2 atom stereocenters. The molecule has 0 saturated carbocycles. The first-order valence-corrected chi connectivity index (χ1v) is 5.51. The van der Waals surface area contributed by atoms with Gasteiger partial charge in [-0.05, 0) is 25.7 Å². The highest BCUT2D eigenvalue weighted by atomic mass is 16.5. The van der Waals surface area contributed by atoms with E-state index in [4.69, 9.17) is 15.2 Å². The fourth-order valence-electron chi connectivity index (χ4n) is 2.02. The number of ketones is 1. The lowest BCUT2D eigenvalue weighted by atomic mass is 10.0. The molecule has 0 radical (unpaired) electrons. The van der Waals surface area contributed by atoms with Crippen molar-refractivity contribution in [3.8, 4) is 0 Å². The summed E-state index contributed by atoms with van der Waals surface area (Å²) >= 11 is 0. The van der Waals surface area contributed by atoms with Crippen LogP contribution in [0.3, 0.4) is 0 Å². The molecule has 0 aromatic rings. The minimum absolute atomic E-state index is 0.0593. The number of rotatable bonds is 3. The van der Waals surface area contributed by atoms with E-state index in [1.165, 1.54) is 0 Å². The Balaban J connectivity index is 1.93. The second-order valence-corrected chi connectivity index (χ2v) is 4.04. The van der Waals surface area contributed by atoms with Crippen LogP contribution in [0.15, 0.2) is 11.8 Å². The molecule has 4 heteroatoms. The zero-order valence-electron chi connectivity index (χ0n) is 8.78. The third-order valence-corrected chi connectivity index (χ3v) is 2.91. The molecule has 0 spiro atoms. The first-order valence-electron chi connectivity index (χ1n) is 5.51. The van der Waals surface area contributed by atoms with Crippen LogP contribution in [0.4, 0.5) is 0 Å². The van der Waals surface area contributed by atoms with Crippen LogP contribution in [0, 0.1) is 0 Å². The Morgan fingerprint density at radius 2 is 2.40 bits per heavy atom. The third-order valence-electron chi connectivity index (χ3n) is 2.91. The molecule has 15 heavy (non-hydrogen) atoms. The topological polar surface area (TPSA) is 61.6 Å². The Bertz CT molecular complexity index is 275. The van der Waals surface area contributed by atoms with E-state index in [9.17, 15) is 4.79 Å². The van der Waals surface area contributed by atoms with Crippen molar-refractivity contribution < 1.29 is 14.3 Å². The summed E-state index contributed by atoms with van der Waals surface area (Å²) in [6.07, 6.45) is 4.77. The predicted molar refractivity (Wildman–Crippen MR) is 55.2 cm³/mol. The number of nitrogens with two attached hydrogens (primary N) is 1. The normalized spacial score (nSPS) is 30.9. The molecule has 1 fully saturated rings. The Morgan fingerprint density at radius 1 is 1.53 bits per heavy atom. The highest BCUT2D eigenvalue weighted by Gasteiger charge is 2.31. The Morgan fingerprint density at radius 3 is 3.00 bits per heavy atom. The van der Waals surface area contributed by atoms with Crippen molar-refractivity contribution in [2.24, 2.45) is 5.73 Å². The second-order valence-electron chi connectivity index (χ2n) is 4.04. The summed E-state index contributed by atoms with van der Waals surface area (Å²) in [5, 5.41) is 0. The first-order chi connectivity index (χ1) is 7.31. The molecular formula is C11H17NO3. The maximum atomic E-state index is 11.9. The van der Waals surface area contributed by atoms with Gasteiger partial charge in [-0.25, -0.2) is 0 Å². The van der Waals surface area contributed by atoms with Gasteiger partial charge in [-0.1, -0.05) is 0 Å². The molecule has 0 aromatic heterocycles. The largest absolute Gasteiger partial charge is 0.501 e. The average molecular weight is 211 g/mol. The monoisotopic (exact) mass is 211 g/mol. The summed E-state index contributed by atoms with van der Waals surface area (Å²) in [6, 6.07) is 0. The van der Waals surface area contributed by atoms with Gasteiger partial charge in [-0.3, -0.25) is 4.79 Å². The van der Waals surface area contributed by atoms with Gasteiger partial charge < -0.3 is 15.2 Å². The summed E-state index contributed by atoms with van der Waals surface area (Å²) in [7, 11) is 0. The van der Waals surface area contributed by atoms with Gasteiger partial charge in [0.15, 0.2) is 5.78 Å². The number of ether oxygens (including phenoxy) is 2. The molecule has 0 bridgehead atoms. The van der Waals surface area contributed by atoms with E-state index >= 15 is 0 Å². The van der Waals surface area contributed by atoms with Crippen molar-refractivity contribution in [1.82, 2.24) is 0 Å². The molecule has 0 aromatic carbocycles. The number of carbonyl (C=O) groups is 1. The average Bonchev–Trinajstić information content (AvgIpc) is 2.78. The smallest absolute Gasteiger partial charge is 0.190 e. The molecule has 2 heterocycles. The molecule has 1 saturated heterocycles. The molecule has 84 valence electrons. The lowest BCUT2D eigenvalue weighted by Gasteiger charge is -2.16. The van der Waals surface area contributed by atoms with Gasteiger partial charge in [0.25, 0.3) is 0 Å². The van der Waals surface area contributed by atoms with E-state index in [1.807, 2.05) is 0 Å². The molecule has 0 amide bonds. The standard InChI is InChI=1S/C11H17NO3/c12-6-9-3-4-10(15-9)11(13)8-2-1-5-14-7-8/h7,9-10H,1-6,12H2. The summed E-state index contributed by atoms with van der Waals surface area (Å²) < 4.78 is 10.7. The van der Waals surface area contributed by atoms with E-state index in [1.54, 1.807) is 6.26 Å². The van der Waals surface area contributed by atoms with Crippen molar-refractivity contribution in [1.29, 1.82) is 0 Å². The predicted octanol–water partition coefficient (Wildman–Crippen LogP) is 0.756. The van der Waals surface area contributed by atoms with Gasteiger partial charge in [0.05, 0.1) is 19.0 Å². The summed E-state index contributed by atoms with van der Waals surface area (Å²) in [5.74, 6) is 0.0886. The molecular weight excluding hydrogens is 194 g/mol. The molecule has 4 nitrogen and oxygen atoms in total. The summed E-state index contributed by atoms with van der Waals surface area (Å²) in [6.45, 7) is 1.22. The maximum Gasteiger partial charge on any atom is 0.190 e. The van der Waals surface area contributed by atoms with Crippen molar-refractivity contribution in [3.05, 3.63) is 11.8 Å². The highest BCUT2D eigenvalue weighted by molar-refractivity contribution is 5.98. The molecule has 2 unspecified atom stereocenters. The number of hydrogen-bond donors (Lipinski definition) is 1. The number of hydrogen-bond acceptors (Lipinski definition) is 4. The van der Waals surface area contributed by atoms with Crippen LogP contribution in [-0.2, 0) is 14.3 Å². The lowest BCUT2D eigenvalue weighted by Crippen LogP contribution is -2.27. The summed E-state index contributed by atoms with van der Waals surface area (Å²) in [5.41, 5.74) is 6.27. The minimum Gasteiger partial charge on any atom is -0.501 e. The Kier molecular flexibility index (Phi) is 3.38. The van der Waals surface area contributed by atoms with Crippen LogP contribution in [0.2, 0.25) is 0 Å². The quantitative estimate of drug-likeness (QED) is 0.748. The Labute approximate surface area is 89.4 Å². The van der Waals surface area contributed by atoms with Crippen LogP contribution in [-0.4, -0.2) is 31.1 Å². The van der Waals surface area contributed by atoms with E-state index in [0.29, 0.717) is 13.2 Å². The molecule has 2 rings (SSSR count). The second kappa shape index (κ2) is 4.77. The van der Waals surface area contributed by atoms with Gasteiger partial charge in [0.1, 0.15) is 6.10 Å². The van der Waals surface area contributed by atoms with Crippen molar-refractivity contribution in [3.63, 3.8) is 0 Å². The van der Waals surface area contributed by atoms with E-state index in [2.05, 4.69) is 0 Å². The maximum absolute atomic E-state index is 11.9. The zero-order valence-corrected chi connectivity index (χ0v) is 8.78. The van der Waals surface area contributed by atoms with Gasteiger partial charge in [-0.15, -0.1) is 0 Å². The SMILES string of the molecule is NCC1CCC(C(=O)C2=COCCC2)O1. The third kappa shape index (κ3) is 2.38. The van der Waals surface area contributed by atoms with Crippen LogP contribution in [0.1, 0.15) is 25.7 Å². The van der Waals surface area contributed by atoms with Crippen LogP contribution in [0.25, 0.3) is 0 Å². The van der Waals surface area contributed by atoms with Crippen molar-refractivity contribution >= 4 is 5.78 Å². The number of Topliss-reactive ketones (excluding diaryl/α,β-unsaturated/α-hetero) is 1.